The van der Waals surface area contributed by atoms with Gasteiger partial charge in [0, 0.05) is 27.4 Å². The van der Waals surface area contributed by atoms with E-state index in [2.05, 4.69) is 6.07 Å². The van der Waals surface area contributed by atoms with E-state index in [1.807, 2.05) is 0 Å². The van der Waals surface area contributed by atoms with Gasteiger partial charge in [-0.2, -0.15) is 5.26 Å². The van der Waals surface area contributed by atoms with Crippen LogP contribution in [0.5, 0.6) is 0 Å². The Balaban J connectivity index is 2.97. The fourth-order valence-electron chi connectivity index (χ4n) is 2.23. The summed E-state index contributed by atoms with van der Waals surface area (Å²) in [5.74, 6) is 0. The Morgan fingerprint density at radius 1 is 1.38 bits per heavy atom. The zero-order chi connectivity index (χ0) is 12.2. The molecule has 92 valence electrons. The molecule has 5 heteroatoms. The molecule has 1 aliphatic heterocycles. The van der Waals surface area contributed by atoms with Crippen LogP contribution in [0.15, 0.2) is 0 Å². The lowest BCUT2D eigenvalue weighted by Crippen LogP contribution is -2.57. The van der Waals surface area contributed by atoms with Gasteiger partial charge in [-0.15, -0.1) is 0 Å². The Morgan fingerprint density at radius 2 is 1.88 bits per heavy atom. The summed E-state index contributed by atoms with van der Waals surface area (Å²) in [5, 5.41) is 19.9. The molecule has 1 N–H and O–H groups in total. The second kappa shape index (κ2) is 5.11. The summed E-state index contributed by atoms with van der Waals surface area (Å²) < 4.78 is 15.4. The topological polar surface area (TPSA) is 71.7 Å². The highest BCUT2D eigenvalue weighted by molar-refractivity contribution is 5.12. The van der Waals surface area contributed by atoms with Gasteiger partial charge in [-0.3, -0.25) is 0 Å². The van der Waals surface area contributed by atoms with Gasteiger partial charge in [-0.05, 0) is 19.8 Å². The van der Waals surface area contributed by atoms with E-state index in [4.69, 9.17) is 14.2 Å². The number of aliphatic hydroxyl groups is 1. The molecule has 0 saturated carbocycles. The van der Waals surface area contributed by atoms with Gasteiger partial charge in [0.25, 0.3) is 0 Å². The first-order valence-electron chi connectivity index (χ1n) is 5.31. The Kier molecular flexibility index (Phi) is 4.28. The molecule has 0 aliphatic carbocycles. The second-order valence-electron chi connectivity index (χ2n) is 4.26. The summed E-state index contributed by atoms with van der Waals surface area (Å²) in [5.41, 5.74) is -2.23. The maximum Gasteiger partial charge on any atom is 0.186 e. The van der Waals surface area contributed by atoms with Crippen molar-refractivity contribution >= 4 is 0 Å². The SMILES string of the molecule is COC(OC)C(C)(O)C1(C#N)CCOCC1. The van der Waals surface area contributed by atoms with Gasteiger partial charge in [-0.25, -0.2) is 0 Å². The van der Waals surface area contributed by atoms with Crippen molar-refractivity contribution in [3.05, 3.63) is 0 Å². The Labute approximate surface area is 95.9 Å². The third-order valence-electron chi connectivity index (χ3n) is 3.42. The molecule has 0 bridgehead atoms. The molecule has 0 aromatic heterocycles. The molecule has 1 fully saturated rings. The van der Waals surface area contributed by atoms with Gasteiger partial charge < -0.3 is 19.3 Å². The van der Waals surface area contributed by atoms with Gasteiger partial charge >= 0.3 is 0 Å². The molecule has 16 heavy (non-hydrogen) atoms. The molecule has 0 aromatic rings. The lowest BCUT2D eigenvalue weighted by Gasteiger charge is -2.45. The zero-order valence-corrected chi connectivity index (χ0v) is 10.0. The third kappa shape index (κ3) is 2.06. The number of methoxy groups -OCH3 is 2. The van der Waals surface area contributed by atoms with Crippen LogP contribution in [0.4, 0.5) is 0 Å². The average molecular weight is 229 g/mol. The van der Waals surface area contributed by atoms with Crippen molar-refractivity contribution in [2.24, 2.45) is 5.41 Å². The van der Waals surface area contributed by atoms with E-state index in [1.165, 1.54) is 14.2 Å². The van der Waals surface area contributed by atoms with E-state index >= 15 is 0 Å². The number of hydrogen-bond donors (Lipinski definition) is 1. The van der Waals surface area contributed by atoms with E-state index in [0.29, 0.717) is 26.1 Å². The zero-order valence-electron chi connectivity index (χ0n) is 10.0. The summed E-state index contributed by atoms with van der Waals surface area (Å²) in [6.07, 6.45) is 0.157. The highest BCUT2D eigenvalue weighted by Crippen LogP contribution is 2.43. The number of nitriles is 1. The first-order valence-corrected chi connectivity index (χ1v) is 5.31. The Morgan fingerprint density at radius 3 is 2.25 bits per heavy atom. The van der Waals surface area contributed by atoms with Gasteiger partial charge in [0.15, 0.2) is 6.29 Å². The van der Waals surface area contributed by atoms with Crippen LogP contribution in [0.1, 0.15) is 19.8 Å². The second-order valence-corrected chi connectivity index (χ2v) is 4.26. The lowest BCUT2D eigenvalue weighted by molar-refractivity contribution is -0.250. The summed E-state index contributed by atoms with van der Waals surface area (Å²) in [7, 11) is 2.90. The average Bonchev–Trinajstić information content (AvgIpc) is 2.31. The minimum absolute atomic E-state index is 0.476. The standard InChI is InChI=1S/C11H19NO4/c1-10(13,9(14-2)15-3)11(8-12)4-6-16-7-5-11/h9,13H,4-7H2,1-3H3. The van der Waals surface area contributed by atoms with Crippen molar-refractivity contribution in [3.63, 3.8) is 0 Å². The molecule has 1 rings (SSSR count). The van der Waals surface area contributed by atoms with Crippen LogP contribution in [0.2, 0.25) is 0 Å². The van der Waals surface area contributed by atoms with Crippen LogP contribution in [0, 0.1) is 16.7 Å². The molecule has 0 radical (unpaired) electrons. The van der Waals surface area contributed by atoms with Crippen LogP contribution in [-0.4, -0.2) is 44.4 Å². The highest BCUT2D eigenvalue weighted by atomic mass is 16.7. The van der Waals surface area contributed by atoms with Crippen LogP contribution in [0.3, 0.4) is 0 Å². The minimum Gasteiger partial charge on any atom is -0.383 e. The molecule has 1 unspecified atom stereocenters. The summed E-state index contributed by atoms with van der Waals surface area (Å²) in [6, 6.07) is 2.22. The summed E-state index contributed by atoms with van der Waals surface area (Å²) >= 11 is 0. The smallest absolute Gasteiger partial charge is 0.186 e. The van der Waals surface area contributed by atoms with Crippen molar-refractivity contribution in [3.8, 4) is 6.07 Å². The molecule has 1 saturated heterocycles. The molecular weight excluding hydrogens is 210 g/mol. The highest BCUT2D eigenvalue weighted by Gasteiger charge is 2.53. The molecule has 0 amide bonds. The molecule has 5 nitrogen and oxygen atoms in total. The van der Waals surface area contributed by atoms with Crippen molar-refractivity contribution in [2.45, 2.75) is 31.7 Å². The molecular formula is C11H19NO4. The van der Waals surface area contributed by atoms with Crippen LogP contribution in [-0.2, 0) is 14.2 Å². The Bertz CT molecular complexity index is 262. The molecule has 1 heterocycles. The largest absolute Gasteiger partial charge is 0.383 e. The van der Waals surface area contributed by atoms with Gasteiger partial charge in [0.05, 0.1) is 11.5 Å². The van der Waals surface area contributed by atoms with E-state index in [1.54, 1.807) is 6.92 Å². The summed E-state index contributed by atoms with van der Waals surface area (Å²) in [4.78, 5) is 0. The van der Waals surface area contributed by atoms with Crippen molar-refractivity contribution in [2.75, 3.05) is 27.4 Å². The Hall–Kier alpha value is -0.670. The lowest BCUT2D eigenvalue weighted by atomic mass is 9.68. The van der Waals surface area contributed by atoms with E-state index in [9.17, 15) is 10.4 Å². The van der Waals surface area contributed by atoms with Crippen LogP contribution in [0.25, 0.3) is 0 Å². The van der Waals surface area contributed by atoms with Crippen LogP contribution < -0.4 is 0 Å². The fourth-order valence-corrected chi connectivity index (χ4v) is 2.23. The maximum atomic E-state index is 10.5. The molecule has 0 aromatic carbocycles. The first kappa shape index (κ1) is 13.4. The van der Waals surface area contributed by atoms with E-state index in [-0.39, 0.29) is 0 Å². The maximum absolute atomic E-state index is 10.5. The minimum atomic E-state index is -1.35. The summed E-state index contributed by atoms with van der Waals surface area (Å²) in [6.45, 7) is 2.53. The number of nitrogens with zero attached hydrogens (tertiary/aromatic N) is 1. The quantitative estimate of drug-likeness (QED) is 0.718. The first-order chi connectivity index (χ1) is 7.54. The van der Waals surface area contributed by atoms with Crippen molar-refractivity contribution < 1.29 is 19.3 Å². The van der Waals surface area contributed by atoms with Crippen molar-refractivity contribution in [1.29, 1.82) is 5.26 Å². The van der Waals surface area contributed by atoms with Gasteiger partial charge in [0.1, 0.15) is 5.60 Å². The number of hydrogen-bond acceptors (Lipinski definition) is 5. The van der Waals surface area contributed by atoms with E-state index < -0.39 is 17.3 Å². The normalized spacial score (nSPS) is 23.8. The predicted octanol–water partition coefficient (Wildman–Crippen LogP) is 0.677. The van der Waals surface area contributed by atoms with Crippen molar-refractivity contribution in [1.82, 2.24) is 0 Å². The van der Waals surface area contributed by atoms with Gasteiger partial charge in [-0.1, -0.05) is 0 Å². The molecule has 0 spiro atoms. The molecule has 1 atom stereocenters. The van der Waals surface area contributed by atoms with Gasteiger partial charge in [0.2, 0.25) is 0 Å². The third-order valence-corrected chi connectivity index (χ3v) is 3.42. The molecule has 1 aliphatic rings. The van der Waals surface area contributed by atoms with E-state index in [0.717, 1.165) is 0 Å². The number of rotatable bonds is 4. The fraction of sp³-hybridized carbons (Fsp3) is 0.909. The van der Waals surface area contributed by atoms with Crippen LogP contribution >= 0.6 is 0 Å². The monoisotopic (exact) mass is 229 g/mol. The number of ether oxygens (including phenoxy) is 3. The predicted molar refractivity (Wildman–Crippen MR) is 56.5 cm³/mol.